The van der Waals surface area contributed by atoms with Gasteiger partial charge >= 0.3 is 5.97 Å². The maximum Gasteiger partial charge on any atom is 0.338 e. The molecule has 0 saturated carbocycles. The zero-order valence-electron chi connectivity index (χ0n) is 9.72. The van der Waals surface area contributed by atoms with Crippen molar-refractivity contribution in [2.24, 2.45) is 0 Å². The zero-order valence-corrected chi connectivity index (χ0v) is 10.5. The average Bonchev–Trinajstić information content (AvgIpc) is 2.35. The van der Waals surface area contributed by atoms with E-state index in [-0.39, 0.29) is 10.7 Å². The monoisotopic (exact) mass is 310 g/mol. The molecule has 20 heavy (non-hydrogen) atoms. The molecular formula is C10H9ClF2N2O5. The molecule has 10 heteroatoms. The van der Waals surface area contributed by atoms with E-state index in [1.165, 1.54) is 0 Å². The molecule has 0 saturated heterocycles. The predicted octanol–water partition coefficient (Wildman–Crippen LogP) is 1.98. The highest BCUT2D eigenvalue weighted by Crippen LogP contribution is 2.31. The van der Waals surface area contributed by atoms with Gasteiger partial charge in [0.1, 0.15) is 6.10 Å². The summed E-state index contributed by atoms with van der Waals surface area (Å²) in [6.45, 7) is -0.657. The number of nitrogens with zero attached hydrogens (tertiary/aromatic N) is 1. The van der Waals surface area contributed by atoms with E-state index >= 15 is 0 Å². The number of non-ortho nitro benzene ring substituents is 1. The van der Waals surface area contributed by atoms with Crippen LogP contribution in [-0.4, -0.2) is 40.2 Å². The molecule has 0 aliphatic rings. The summed E-state index contributed by atoms with van der Waals surface area (Å²) in [6.07, 6.45) is -5.05. The molecule has 0 bridgehead atoms. The van der Waals surface area contributed by atoms with Gasteiger partial charge in [-0.2, -0.15) is 0 Å². The molecule has 1 rings (SSSR count). The number of rotatable bonds is 6. The fraction of sp³-hybridized carbons (Fsp3) is 0.300. The normalized spacial score (nSPS) is 12.2. The SMILES string of the molecule is O=C(O)c1cc([N+](=O)[O-])cc(Cl)c1NCC(O)C(F)F. The van der Waals surface area contributed by atoms with Crippen LogP contribution in [0.25, 0.3) is 0 Å². The van der Waals surface area contributed by atoms with Crippen molar-refractivity contribution in [3.8, 4) is 0 Å². The third-order valence-corrected chi connectivity index (χ3v) is 2.59. The average molecular weight is 311 g/mol. The first kappa shape index (κ1) is 16.1. The Labute approximate surface area is 115 Å². The minimum absolute atomic E-state index is 0.274. The molecule has 1 aromatic carbocycles. The van der Waals surface area contributed by atoms with Crippen LogP contribution in [0.3, 0.4) is 0 Å². The largest absolute Gasteiger partial charge is 0.478 e. The number of nitro benzene ring substituents is 1. The molecule has 0 spiro atoms. The van der Waals surface area contributed by atoms with Gasteiger partial charge in [0.15, 0.2) is 0 Å². The summed E-state index contributed by atoms with van der Waals surface area (Å²) < 4.78 is 24.3. The highest BCUT2D eigenvalue weighted by molar-refractivity contribution is 6.34. The Bertz CT molecular complexity index is 541. The number of hydrogen-bond acceptors (Lipinski definition) is 5. The Balaban J connectivity index is 3.12. The second kappa shape index (κ2) is 6.44. The highest BCUT2D eigenvalue weighted by atomic mass is 35.5. The summed E-state index contributed by atoms with van der Waals surface area (Å²) in [5.41, 5.74) is -1.37. The van der Waals surface area contributed by atoms with E-state index in [1.54, 1.807) is 0 Å². The number of halogens is 3. The minimum Gasteiger partial charge on any atom is -0.478 e. The quantitative estimate of drug-likeness (QED) is 0.547. The molecule has 0 aromatic heterocycles. The van der Waals surface area contributed by atoms with Crippen molar-refractivity contribution in [1.29, 1.82) is 0 Å². The molecule has 1 atom stereocenters. The van der Waals surface area contributed by atoms with Crippen molar-refractivity contribution < 1.29 is 28.7 Å². The number of aliphatic hydroxyl groups is 1. The van der Waals surface area contributed by atoms with Crippen LogP contribution in [0.4, 0.5) is 20.2 Å². The van der Waals surface area contributed by atoms with Crippen LogP contribution < -0.4 is 5.32 Å². The van der Waals surface area contributed by atoms with Gasteiger partial charge in [0.05, 0.1) is 21.2 Å². The summed E-state index contributed by atoms with van der Waals surface area (Å²) >= 11 is 5.69. The number of anilines is 1. The summed E-state index contributed by atoms with van der Waals surface area (Å²) in [5, 5.41) is 30.4. The predicted molar refractivity (Wildman–Crippen MR) is 65.6 cm³/mol. The molecule has 7 nitrogen and oxygen atoms in total. The molecule has 0 radical (unpaired) electrons. The molecule has 0 amide bonds. The fourth-order valence-corrected chi connectivity index (χ4v) is 1.62. The van der Waals surface area contributed by atoms with Gasteiger partial charge < -0.3 is 15.5 Å². The molecule has 1 unspecified atom stereocenters. The van der Waals surface area contributed by atoms with Crippen LogP contribution in [0.2, 0.25) is 5.02 Å². The second-order valence-electron chi connectivity index (χ2n) is 3.70. The van der Waals surface area contributed by atoms with Crippen molar-refractivity contribution in [2.75, 3.05) is 11.9 Å². The Morgan fingerprint density at radius 2 is 2.10 bits per heavy atom. The lowest BCUT2D eigenvalue weighted by Gasteiger charge is -2.14. The number of hydrogen-bond donors (Lipinski definition) is 3. The van der Waals surface area contributed by atoms with Gasteiger partial charge in [0, 0.05) is 18.7 Å². The molecule has 1 aromatic rings. The van der Waals surface area contributed by atoms with Gasteiger partial charge in [-0.25, -0.2) is 13.6 Å². The molecule has 0 fully saturated rings. The van der Waals surface area contributed by atoms with Crippen LogP contribution in [-0.2, 0) is 0 Å². The van der Waals surface area contributed by atoms with E-state index in [0.717, 1.165) is 12.1 Å². The third kappa shape index (κ3) is 3.75. The van der Waals surface area contributed by atoms with E-state index in [9.17, 15) is 23.7 Å². The lowest BCUT2D eigenvalue weighted by Crippen LogP contribution is -2.27. The van der Waals surface area contributed by atoms with Crippen LogP contribution in [0.1, 0.15) is 10.4 Å². The maximum absolute atomic E-state index is 12.1. The molecule has 3 N–H and O–H groups in total. The fourth-order valence-electron chi connectivity index (χ4n) is 1.34. The van der Waals surface area contributed by atoms with Crippen LogP contribution in [0, 0.1) is 10.1 Å². The topological polar surface area (TPSA) is 113 Å². The Kier molecular flexibility index (Phi) is 5.17. The summed E-state index contributed by atoms with van der Waals surface area (Å²) in [5.74, 6) is -1.52. The molecule has 0 heterocycles. The Hall–Kier alpha value is -2.00. The van der Waals surface area contributed by atoms with E-state index in [4.69, 9.17) is 21.8 Å². The first-order valence-electron chi connectivity index (χ1n) is 5.15. The number of carbonyl (C=O) groups is 1. The van der Waals surface area contributed by atoms with Crippen LogP contribution >= 0.6 is 11.6 Å². The zero-order chi connectivity index (χ0) is 15.4. The number of benzene rings is 1. The van der Waals surface area contributed by atoms with Gasteiger partial charge in [-0.1, -0.05) is 11.6 Å². The van der Waals surface area contributed by atoms with Gasteiger partial charge in [-0.3, -0.25) is 10.1 Å². The number of nitro groups is 1. The van der Waals surface area contributed by atoms with Crippen LogP contribution in [0.5, 0.6) is 0 Å². The number of carboxylic acids is 1. The van der Waals surface area contributed by atoms with Crippen LogP contribution in [0.15, 0.2) is 12.1 Å². The van der Waals surface area contributed by atoms with E-state index in [1.807, 2.05) is 0 Å². The smallest absolute Gasteiger partial charge is 0.338 e. The molecule has 0 aliphatic heterocycles. The molecule has 0 aliphatic carbocycles. The van der Waals surface area contributed by atoms with Crippen molar-refractivity contribution in [1.82, 2.24) is 0 Å². The van der Waals surface area contributed by atoms with Crippen molar-refractivity contribution in [3.05, 3.63) is 32.8 Å². The molecule has 110 valence electrons. The van der Waals surface area contributed by atoms with Gasteiger partial charge in [-0.05, 0) is 0 Å². The number of alkyl halides is 2. The summed E-state index contributed by atoms with van der Waals surface area (Å²) in [6, 6.07) is 1.62. The van der Waals surface area contributed by atoms with Crippen molar-refractivity contribution in [2.45, 2.75) is 12.5 Å². The number of aromatic carboxylic acids is 1. The number of aliphatic hydroxyl groups excluding tert-OH is 1. The van der Waals surface area contributed by atoms with Gasteiger partial charge in [0.25, 0.3) is 12.1 Å². The first-order valence-corrected chi connectivity index (χ1v) is 5.53. The maximum atomic E-state index is 12.1. The van der Waals surface area contributed by atoms with Gasteiger partial charge in [-0.15, -0.1) is 0 Å². The van der Waals surface area contributed by atoms with E-state index in [2.05, 4.69) is 5.32 Å². The summed E-state index contributed by atoms with van der Waals surface area (Å²) in [7, 11) is 0. The van der Waals surface area contributed by atoms with Crippen molar-refractivity contribution >= 4 is 28.9 Å². The lowest BCUT2D eigenvalue weighted by atomic mass is 10.1. The highest BCUT2D eigenvalue weighted by Gasteiger charge is 2.22. The van der Waals surface area contributed by atoms with E-state index in [0.29, 0.717) is 0 Å². The standard InChI is InChI=1S/C10H9ClF2N2O5/c11-6-2-4(15(19)20)1-5(10(17)18)8(6)14-3-7(16)9(12)13/h1-2,7,9,14,16H,3H2,(H,17,18). The Morgan fingerprint density at radius 3 is 2.55 bits per heavy atom. The lowest BCUT2D eigenvalue weighted by molar-refractivity contribution is -0.384. The van der Waals surface area contributed by atoms with E-state index < -0.39 is 41.2 Å². The number of nitrogens with one attached hydrogen (secondary N) is 1. The van der Waals surface area contributed by atoms with Gasteiger partial charge in [0.2, 0.25) is 0 Å². The molecular weight excluding hydrogens is 302 g/mol. The minimum atomic E-state index is -3.02. The first-order chi connectivity index (χ1) is 9.23. The summed E-state index contributed by atoms with van der Waals surface area (Å²) in [4.78, 5) is 20.7. The van der Waals surface area contributed by atoms with Crippen molar-refractivity contribution in [3.63, 3.8) is 0 Å². The number of carboxylic acid groups (broad SMARTS) is 1. The second-order valence-corrected chi connectivity index (χ2v) is 4.10. The Morgan fingerprint density at radius 1 is 1.50 bits per heavy atom. The third-order valence-electron chi connectivity index (χ3n) is 2.30.